The van der Waals surface area contributed by atoms with Crippen molar-refractivity contribution in [3.63, 3.8) is 0 Å². The van der Waals surface area contributed by atoms with Gasteiger partial charge in [-0.25, -0.2) is 4.90 Å². The van der Waals surface area contributed by atoms with Crippen LogP contribution in [0.4, 0.5) is 0 Å². The molecule has 0 amide bonds. The average Bonchev–Trinajstić information content (AvgIpc) is 1.93. The number of allylic oxidation sites excluding steroid dienone is 1. The molecule has 0 saturated heterocycles. The van der Waals surface area contributed by atoms with Gasteiger partial charge in [-0.3, -0.25) is 4.58 Å². The summed E-state index contributed by atoms with van der Waals surface area (Å²) in [5.41, 5.74) is 1.34. The van der Waals surface area contributed by atoms with Crippen molar-refractivity contribution in [1.82, 2.24) is 4.90 Å². The third-order valence-corrected chi connectivity index (χ3v) is 2.23. The van der Waals surface area contributed by atoms with E-state index in [1.165, 1.54) is 11.5 Å². The van der Waals surface area contributed by atoms with Crippen LogP contribution >= 0.6 is 0 Å². The van der Waals surface area contributed by atoms with Crippen LogP contribution < -0.4 is 0 Å². The first-order valence-electron chi connectivity index (χ1n) is 3.58. The summed E-state index contributed by atoms with van der Waals surface area (Å²) in [4.78, 5) is 2.20. The zero-order valence-electron chi connectivity index (χ0n) is 7.18. The Morgan fingerprint density at radius 1 is 1.50 bits per heavy atom. The monoisotopic (exact) mass is 139 g/mol. The lowest BCUT2D eigenvalue weighted by atomic mass is 10.3. The van der Waals surface area contributed by atoms with E-state index in [1.807, 2.05) is 0 Å². The van der Waals surface area contributed by atoms with Gasteiger partial charge in [0.25, 0.3) is 0 Å². The van der Waals surface area contributed by atoms with Crippen molar-refractivity contribution in [3.05, 3.63) is 11.8 Å². The number of hydrogen-bond donors (Lipinski definition) is 0. The third-order valence-electron chi connectivity index (χ3n) is 2.23. The Bertz CT molecular complexity index is 201. The lowest BCUT2D eigenvalue weighted by molar-refractivity contribution is -0.494. The minimum Gasteiger partial charge on any atom is -0.265 e. The molecule has 56 valence electrons. The first kappa shape index (κ1) is 7.32. The molecule has 2 nitrogen and oxygen atoms in total. The molecule has 0 aliphatic carbocycles. The van der Waals surface area contributed by atoms with E-state index in [9.17, 15) is 0 Å². The van der Waals surface area contributed by atoms with E-state index in [2.05, 4.69) is 43.5 Å². The summed E-state index contributed by atoms with van der Waals surface area (Å²) in [5, 5.41) is 0. The minimum absolute atomic E-state index is 1.04. The highest BCUT2D eigenvalue weighted by atomic mass is 15.2. The molecular weight excluding hydrogens is 124 g/mol. The van der Waals surface area contributed by atoms with Crippen molar-refractivity contribution in [2.75, 3.05) is 20.6 Å². The maximum atomic E-state index is 2.23. The second-order valence-electron chi connectivity index (χ2n) is 2.83. The van der Waals surface area contributed by atoms with E-state index >= 15 is 0 Å². The fraction of sp³-hybridized carbons (Fsp3) is 0.625. The van der Waals surface area contributed by atoms with Gasteiger partial charge in [-0.1, -0.05) is 0 Å². The van der Waals surface area contributed by atoms with E-state index in [-0.39, 0.29) is 0 Å². The molecule has 2 heteroatoms. The molecule has 10 heavy (non-hydrogen) atoms. The zero-order chi connectivity index (χ0) is 7.72. The van der Waals surface area contributed by atoms with E-state index in [0.717, 1.165) is 6.54 Å². The quantitative estimate of drug-likeness (QED) is 0.452. The molecule has 0 atom stereocenters. The predicted molar refractivity (Wildman–Crippen MR) is 43.3 cm³/mol. The van der Waals surface area contributed by atoms with E-state index in [1.54, 1.807) is 0 Å². The largest absolute Gasteiger partial charge is 0.265 e. The van der Waals surface area contributed by atoms with Crippen molar-refractivity contribution in [2.24, 2.45) is 0 Å². The van der Waals surface area contributed by atoms with Crippen molar-refractivity contribution < 1.29 is 4.58 Å². The van der Waals surface area contributed by atoms with Crippen LogP contribution in [0.1, 0.15) is 13.8 Å². The first-order valence-corrected chi connectivity index (χ1v) is 3.58. The maximum Gasteiger partial charge on any atom is 0.248 e. The van der Waals surface area contributed by atoms with Crippen molar-refractivity contribution in [3.8, 4) is 0 Å². The molecule has 0 bridgehead atoms. The molecule has 1 rings (SSSR count). The molecule has 0 aromatic carbocycles. The zero-order valence-corrected chi connectivity index (χ0v) is 7.18. The van der Waals surface area contributed by atoms with Crippen LogP contribution in [-0.4, -0.2) is 36.0 Å². The van der Waals surface area contributed by atoms with Gasteiger partial charge < -0.3 is 0 Å². The third kappa shape index (κ3) is 1.06. The molecule has 0 spiro atoms. The number of hydrogen-bond acceptors (Lipinski definition) is 1. The number of rotatable bonds is 0. The Morgan fingerprint density at radius 3 is 2.60 bits per heavy atom. The molecule has 1 aliphatic rings. The molecule has 1 aliphatic heterocycles. The molecule has 0 fully saturated rings. The summed E-state index contributed by atoms with van der Waals surface area (Å²) in [6.45, 7) is 5.31. The van der Waals surface area contributed by atoms with Gasteiger partial charge in [0.05, 0.1) is 19.8 Å². The fourth-order valence-electron chi connectivity index (χ4n) is 1.05. The summed E-state index contributed by atoms with van der Waals surface area (Å²) >= 11 is 0. The van der Waals surface area contributed by atoms with Gasteiger partial charge in [-0.15, -0.1) is 0 Å². The number of likely N-dealkylation sites (N-methyl/N-ethyl adjacent to an activating group) is 1. The lowest BCUT2D eigenvalue weighted by Crippen LogP contribution is -2.34. The Balaban J connectivity index is 2.86. The second-order valence-corrected chi connectivity index (χ2v) is 2.83. The molecule has 1 heterocycles. The van der Waals surface area contributed by atoms with Gasteiger partial charge in [-0.2, -0.15) is 0 Å². The highest BCUT2D eigenvalue weighted by Crippen LogP contribution is 2.05. The van der Waals surface area contributed by atoms with Gasteiger partial charge in [0.2, 0.25) is 5.84 Å². The van der Waals surface area contributed by atoms with Crippen LogP contribution in [-0.2, 0) is 0 Å². The Kier molecular flexibility index (Phi) is 1.79. The molecule has 0 N–H and O–H groups in total. The molecule has 0 saturated carbocycles. The normalized spacial score (nSPS) is 19.6. The van der Waals surface area contributed by atoms with Gasteiger partial charge >= 0.3 is 0 Å². The fourth-order valence-corrected chi connectivity index (χ4v) is 1.05. The molecule has 0 radical (unpaired) electrons. The highest BCUT2D eigenvalue weighted by molar-refractivity contribution is 5.76. The summed E-state index contributed by atoms with van der Waals surface area (Å²) < 4.78 is 2.23. The molecule has 0 aromatic heterocycles. The topological polar surface area (TPSA) is 6.25 Å². The summed E-state index contributed by atoms with van der Waals surface area (Å²) in [6, 6.07) is 0. The van der Waals surface area contributed by atoms with Crippen LogP contribution in [0, 0.1) is 0 Å². The van der Waals surface area contributed by atoms with E-state index < -0.39 is 0 Å². The summed E-state index contributed by atoms with van der Waals surface area (Å²) in [7, 11) is 4.20. The molecule has 0 aromatic rings. The summed E-state index contributed by atoms with van der Waals surface area (Å²) in [6.07, 6.45) is 2.23. The molecular formula is C8H15N2+. The highest BCUT2D eigenvalue weighted by Gasteiger charge is 2.16. The molecule has 0 unspecified atom stereocenters. The van der Waals surface area contributed by atoms with Crippen LogP contribution in [0.25, 0.3) is 0 Å². The SMILES string of the molecule is CC1=CC[N+](C)=C(C)N1C. The maximum absolute atomic E-state index is 2.23. The Morgan fingerprint density at radius 2 is 2.10 bits per heavy atom. The standard InChI is InChI=1S/C8H15N2/c1-7-5-6-9(3)8(2)10(7)4/h5H,6H2,1-4H3/q+1. The van der Waals surface area contributed by atoms with Crippen LogP contribution in [0.5, 0.6) is 0 Å². The van der Waals surface area contributed by atoms with Gasteiger partial charge in [0.1, 0.15) is 6.54 Å². The minimum atomic E-state index is 1.04. The summed E-state index contributed by atoms with van der Waals surface area (Å²) in [5.74, 6) is 1.32. The Labute approximate surface area is 62.5 Å². The van der Waals surface area contributed by atoms with E-state index in [0.29, 0.717) is 0 Å². The van der Waals surface area contributed by atoms with Crippen molar-refractivity contribution in [1.29, 1.82) is 0 Å². The average molecular weight is 139 g/mol. The first-order chi connectivity index (χ1) is 4.63. The van der Waals surface area contributed by atoms with Gasteiger partial charge in [-0.05, 0) is 13.0 Å². The van der Waals surface area contributed by atoms with Crippen molar-refractivity contribution in [2.45, 2.75) is 13.8 Å². The lowest BCUT2D eigenvalue weighted by Gasteiger charge is -2.18. The number of amidine groups is 1. The van der Waals surface area contributed by atoms with Gasteiger partial charge in [0, 0.05) is 6.92 Å². The van der Waals surface area contributed by atoms with Crippen molar-refractivity contribution >= 4 is 5.84 Å². The van der Waals surface area contributed by atoms with Gasteiger partial charge in [0.15, 0.2) is 0 Å². The second kappa shape index (κ2) is 2.45. The predicted octanol–water partition coefficient (Wildman–Crippen LogP) is 0.896. The van der Waals surface area contributed by atoms with E-state index in [4.69, 9.17) is 0 Å². The van der Waals surface area contributed by atoms with Crippen LogP contribution in [0.15, 0.2) is 11.8 Å². The Hall–Kier alpha value is -0.790. The van der Waals surface area contributed by atoms with Crippen LogP contribution in [0.3, 0.4) is 0 Å². The smallest absolute Gasteiger partial charge is 0.248 e. The number of nitrogens with zero attached hydrogens (tertiary/aromatic N) is 2. The van der Waals surface area contributed by atoms with Crippen LogP contribution in [0.2, 0.25) is 0 Å².